The SMILES string of the molecule is CCc1cc(Cn2cnc3c(C)csc3c2=O)n(C)n1. The van der Waals surface area contributed by atoms with E-state index in [0.29, 0.717) is 6.54 Å². The summed E-state index contributed by atoms with van der Waals surface area (Å²) in [6, 6.07) is 2.04. The predicted molar refractivity (Wildman–Crippen MR) is 80.3 cm³/mol. The number of hydrogen-bond donors (Lipinski definition) is 0. The Hall–Kier alpha value is -1.95. The van der Waals surface area contributed by atoms with Crippen LogP contribution in [-0.2, 0) is 20.0 Å². The summed E-state index contributed by atoms with van der Waals surface area (Å²) < 4.78 is 4.20. The third-order valence-corrected chi connectivity index (χ3v) is 4.52. The molecule has 3 heterocycles. The molecule has 20 heavy (non-hydrogen) atoms. The van der Waals surface area contributed by atoms with E-state index >= 15 is 0 Å². The van der Waals surface area contributed by atoms with Crippen LogP contribution in [0.4, 0.5) is 0 Å². The molecule has 0 spiro atoms. The van der Waals surface area contributed by atoms with Crippen molar-refractivity contribution in [3.05, 3.63) is 45.1 Å². The molecule has 5 nitrogen and oxygen atoms in total. The van der Waals surface area contributed by atoms with Gasteiger partial charge in [-0.1, -0.05) is 6.92 Å². The van der Waals surface area contributed by atoms with E-state index in [1.165, 1.54) is 11.3 Å². The van der Waals surface area contributed by atoms with Gasteiger partial charge in [-0.3, -0.25) is 14.0 Å². The van der Waals surface area contributed by atoms with Gasteiger partial charge in [0.05, 0.1) is 29.8 Å². The molecule has 0 aromatic carbocycles. The van der Waals surface area contributed by atoms with Crippen molar-refractivity contribution in [1.82, 2.24) is 19.3 Å². The number of aromatic nitrogens is 4. The van der Waals surface area contributed by atoms with Crippen molar-refractivity contribution in [3.63, 3.8) is 0 Å². The van der Waals surface area contributed by atoms with E-state index in [-0.39, 0.29) is 5.56 Å². The Morgan fingerprint density at radius 3 is 2.90 bits per heavy atom. The second-order valence-electron chi connectivity index (χ2n) is 4.88. The maximum atomic E-state index is 12.4. The average Bonchev–Trinajstić information content (AvgIpc) is 2.98. The number of rotatable bonds is 3. The van der Waals surface area contributed by atoms with Gasteiger partial charge in [-0.15, -0.1) is 11.3 Å². The molecule has 0 saturated carbocycles. The zero-order valence-electron chi connectivity index (χ0n) is 11.8. The number of nitrogens with zero attached hydrogens (tertiary/aromatic N) is 4. The molecule has 0 aliphatic heterocycles. The predicted octanol–water partition coefficient (Wildman–Crippen LogP) is 2.11. The summed E-state index contributed by atoms with van der Waals surface area (Å²) in [7, 11) is 1.90. The Morgan fingerprint density at radius 2 is 2.20 bits per heavy atom. The van der Waals surface area contributed by atoms with Gasteiger partial charge in [0.2, 0.25) is 0 Å². The van der Waals surface area contributed by atoms with Crippen LogP contribution < -0.4 is 5.56 Å². The molecule has 3 rings (SSSR count). The van der Waals surface area contributed by atoms with Crippen LogP contribution in [0.2, 0.25) is 0 Å². The monoisotopic (exact) mass is 288 g/mol. The molecule has 0 N–H and O–H groups in total. The Balaban J connectivity index is 2.04. The first-order valence-electron chi connectivity index (χ1n) is 6.55. The van der Waals surface area contributed by atoms with E-state index in [2.05, 4.69) is 17.0 Å². The van der Waals surface area contributed by atoms with Crippen LogP contribution in [0.1, 0.15) is 23.9 Å². The van der Waals surface area contributed by atoms with Gasteiger partial charge in [0.25, 0.3) is 5.56 Å². The van der Waals surface area contributed by atoms with Crippen molar-refractivity contribution >= 4 is 21.6 Å². The molecule has 0 atom stereocenters. The first-order chi connectivity index (χ1) is 9.60. The second-order valence-corrected chi connectivity index (χ2v) is 5.76. The standard InChI is InChI=1S/C14H16N4OS/c1-4-10-5-11(17(3)16-10)6-18-8-15-12-9(2)7-20-13(12)14(18)19/h5,7-8H,4,6H2,1-3H3. The van der Waals surface area contributed by atoms with Crippen molar-refractivity contribution in [2.75, 3.05) is 0 Å². The summed E-state index contributed by atoms with van der Waals surface area (Å²) in [5.74, 6) is 0. The molecule has 3 aromatic heterocycles. The zero-order chi connectivity index (χ0) is 14.3. The summed E-state index contributed by atoms with van der Waals surface area (Å²) >= 11 is 1.46. The highest BCUT2D eigenvalue weighted by atomic mass is 32.1. The lowest BCUT2D eigenvalue weighted by molar-refractivity contribution is 0.646. The van der Waals surface area contributed by atoms with Crippen molar-refractivity contribution < 1.29 is 0 Å². The highest BCUT2D eigenvalue weighted by molar-refractivity contribution is 7.17. The minimum absolute atomic E-state index is 0.0207. The van der Waals surface area contributed by atoms with E-state index < -0.39 is 0 Å². The molecular formula is C14H16N4OS. The van der Waals surface area contributed by atoms with Gasteiger partial charge < -0.3 is 0 Å². The van der Waals surface area contributed by atoms with Gasteiger partial charge >= 0.3 is 0 Å². The van der Waals surface area contributed by atoms with Gasteiger partial charge in [-0.25, -0.2) is 4.98 Å². The van der Waals surface area contributed by atoms with Crippen LogP contribution >= 0.6 is 11.3 Å². The minimum Gasteiger partial charge on any atom is -0.292 e. The van der Waals surface area contributed by atoms with Crippen LogP contribution in [0, 0.1) is 6.92 Å². The fourth-order valence-corrected chi connectivity index (χ4v) is 3.19. The summed E-state index contributed by atoms with van der Waals surface area (Å²) in [6.07, 6.45) is 2.52. The average molecular weight is 288 g/mol. The lowest BCUT2D eigenvalue weighted by Gasteiger charge is -2.05. The van der Waals surface area contributed by atoms with Gasteiger partial charge in [0, 0.05) is 7.05 Å². The molecule has 0 amide bonds. The van der Waals surface area contributed by atoms with Gasteiger partial charge in [-0.2, -0.15) is 5.10 Å². The van der Waals surface area contributed by atoms with E-state index in [0.717, 1.165) is 33.6 Å². The molecule has 6 heteroatoms. The molecular weight excluding hydrogens is 272 g/mol. The summed E-state index contributed by atoms with van der Waals surface area (Å²) in [4.78, 5) is 16.8. The van der Waals surface area contributed by atoms with Crippen LogP contribution in [-0.4, -0.2) is 19.3 Å². The Bertz CT molecular complexity index is 827. The molecule has 0 unspecified atom stereocenters. The van der Waals surface area contributed by atoms with E-state index in [4.69, 9.17) is 0 Å². The molecule has 104 valence electrons. The summed E-state index contributed by atoms with van der Waals surface area (Å²) in [5.41, 5.74) is 3.95. The number of hydrogen-bond acceptors (Lipinski definition) is 4. The van der Waals surface area contributed by atoms with E-state index in [1.807, 2.05) is 30.1 Å². The maximum absolute atomic E-state index is 12.4. The first kappa shape index (κ1) is 13.1. The Labute approximate surface area is 120 Å². The van der Waals surface area contributed by atoms with Crippen molar-refractivity contribution in [1.29, 1.82) is 0 Å². The van der Waals surface area contributed by atoms with Gasteiger partial charge in [0.15, 0.2) is 0 Å². The lowest BCUT2D eigenvalue weighted by atomic mass is 10.3. The Kier molecular flexibility index (Phi) is 3.17. The third-order valence-electron chi connectivity index (χ3n) is 3.45. The van der Waals surface area contributed by atoms with Gasteiger partial charge in [0.1, 0.15) is 4.70 Å². The van der Waals surface area contributed by atoms with Crippen LogP contribution in [0.5, 0.6) is 0 Å². The topological polar surface area (TPSA) is 52.7 Å². The largest absolute Gasteiger partial charge is 0.292 e. The van der Waals surface area contributed by atoms with Crippen LogP contribution in [0.25, 0.3) is 10.2 Å². The van der Waals surface area contributed by atoms with Crippen molar-refractivity contribution in [3.8, 4) is 0 Å². The quantitative estimate of drug-likeness (QED) is 0.741. The maximum Gasteiger partial charge on any atom is 0.271 e. The third kappa shape index (κ3) is 2.06. The molecule has 0 aliphatic rings. The van der Waals surface area contributed by atoms with Crippen LogP contribution in [0.3, 0.4) is 0 Å². The lowest BCUT2D eigenvalue weighted by Crippen LogP contribution is -2.21. The number of aryl methyl sites for hydroxylation is 3. The Morgan fingerprint density at radius 1 is 1.40 bits per heavy atom. The van der Waals surface area contributed by atoms with E-state index in [1.54, 1.807) is 10.9 Å². The van der Waals surface area contributed by atoms with Crippen molar-refractivity contribution in [2.24, 2.45) is 7.05 Å². The molecule has 0 fully saturated rings. The molecule has 0 bridgehead atoms. The molecule has 0 aliphatic carbocycles. The van der Waals surface area contributed by atoms with Gasteiger partial charge in [-0.05, 0) is 30.4 Å². The van der Waals surface area contributed by atoms with E-state index in [9.17, 15) is 4.79 Å². The second kappa shape index (κ2) is 4.86. The van der Waals surface area contributed by atoms with Crippen LogP contribution in [0.15, 0.2) is 22.6 Å². The number of thiophene rings is 1. The highest BCUT2D eigenvalue weighted by Gasteiger charge is 2.10. The summed E-state index contributed by atoms with van der Waals surface area (Å²) in [5, 5.41) is 6.38. The zero-order valence-corrected chi connectivity index (χ0v) is 12.6. The normalized spacial score (nSPS) is 11.3. The van der Waals surface area contributed by atoms with Crippen molar-refractivity contribution in [2.45, 2.75) is 26.8 Å². The highest BCUT2D eigenvalue weighted by Crippen LogP contribution is 2.19. The number of fused-ring (bicyclic) bond motifs is 1. The fraction of sp³-hybridized carbons (Fsp3) is 0.357. The summed E-state index contributed by atoms with van der Waals surface area (Å²) in [6.45, 7) is 4.55. The molecule has 0 saturated heterocycles. The first-order valence-corrected chi connectivity index (χ1v) is 7.43. The smallest absolute Gasteiger partial charge is 0.271 e. The minimum atomic E-state index is 0.0207. The fourth-order valence-electron chi connectivity index (χ4n) is 2.24. The molecule has 0 radical (unpaired) electrons. The molecule has 3 aromatic rings.